The molecule has 4 rings (SSSR count). The van der Waals surface area contributed by atoms with E-state index in [1.165, 1.54) is 17.7 Å². The van der Waals surface area contributed by atoms with E-state index in [2.05, 4.69) is 15.3 Å². The number of nitrogens with one attached hydrogen (secondary N) is 2. The van der Waals surface area contributed by atoms with Gasteiger partial charge in [-0.15, -0.1) is 0 Å². The maximum atomic E-state index is 12.6. The number of ketones is 1. The topological polar surface area (TPSA) is 71.7 Å². The SMILES string of the molecule is CC(=O)c1ccc(N2CC[NH+](CC(=O)Nc3ccnn3C3CCCC3)CC2)cc1. The van der Waals surface area contributed by atoms with Crippen LogP contribution in [0.25, 0.3) is 0 Å². The first-order valence-corrected chi connectivity index (χ1v) is 10.6. The number of piperazine rings is 1. The molecule has 1 saturated carbocycles. The minimum absolute atomic E-state index is 0.0546. The zero-order chi connectivity index (χ0) is 20.2. The minimum Gasteiger partial charge on any atom is -0.360 e. The predicted molar refractivity (Wildman–Crippen MR) is 113 cm³/mol. The molecule has 0 bridgehead atoms. The second-order valence-electron chi connectivity index (χ2n) is 8.16. The quantitative estimate of drug-likeness (QED) is 0.727. The molecule has 2 fully saturated rings. The van der Waals surface area contributed by atoms with Crippen molar-refractivity contribution in [2.24, 2.45) is 0 Å². The smallest absolute Gasteiger partial charge is 0.280 e. The Bertz CT molecular complexity index is 846. The fourth-order valence-electron chi connectivity index (χ4n) is 4.43. The average molecular weight is 397 g/mol. The molecule has 0 spiro atoms. The van der Waals surface area contributed by atoms with Crippen LogP contribution in [0.15, 0.2) is 36.5 Å². The normalized spacial score (nSPS) is 18.2. The third kappa shape index (κ3) is 4.67. The molecular formula is C22H30N5O2+. The van der Waals surface area contributed by atoms with Gasteiger partial charge in [-0.2, -0.15) is 5.10 Å². The number of amides is 1. The maximum absolute atomic E-state index is 12.6. The van der Waals surface area contributed by atoms with Crippen molar-refractivity contribution in [1.82, 2.24) is 9.78 Å². The summed E-state index contributed by atoms with van der Waals surface area (Å²) in [6, 6.07) is 10.1. The second-order valence-corrected chi connectivity index (χ2v) is 8.16. The summed E-state index contributed by atoms with van der Waals surface area (Å²) >= 11 is 0. The summed E-state index contributed by atoms with van der Waals surface area (Å²) in [5, 5.41) is 7.50. The Morgan fingerprint density at radius 1 is 1.10 bits per heavy atom. The van der Waals surface area contributed by atoms with Crippen molar-refractivity contribution in [3.05, 3.63) is 42.1 Å². The third-order valence-electron chi connectivity index (χ3n) is 6.13. The Morgan fingerprint density at radius 3 is 2.45 bits per heavy atom. The number of hydrogen-bond donors (Lipinski definition) is 2. The zero-order valence-electron chi connectivity index (χ0n) is 17.1. The lowest BCUT2D eigenvalue weighted by Crippen LogP contribution is -3.15. The van der Waals surface area contributed by atoms with Crippen LogP contribution in [-0.4, -0.2) is 54.2 Å². The Morgan fingerprint density at radius 2 is 1.79 bits per heavy atom. The van der Waals surface area contributed by atoms with Gasteiger partial charge in [0.15, 0.2) is 12.3 Å². The van der Waals surface area contributed by atoms with E-state index in [-0.39, 0.29) is 11.7 Å². The summed E-state index contributed by atoms with van der Waals surface area (Å²) in [4.78, 5) is 27.6. The van der Waals surface area contributed by atoms with E-state index in [4.69, 9.17) is 0 Å². The molecule has 0 unspecified atom stereocenters. The molecule has 7 heteroatoms. The van der Waals surface area contributed by atoms with Gasteiger partial charge >= 0.3 is 0 Å². The van der Waals surface area contributed by atoms with Gasteiger partial charge in [0.1, 0.15) is 5.82 Å². The number of nitrogens with zero attached hydrogens (tertiary/aromatic N) is 3. The predicted octanol–water partition coefficient (Wildman–Crippen LogP) is 1.54. The third-order valence-corrected chi connectivity index (χ3v) is 6.13. The maximum Gasteiger partial charge on any atom is 0.280 e. The number of hydrogen-bond acceptors (Lipinski definition) is 4. The summed E-state index contributed by atoms with van der Waals surface area (Å²) in [5.74, 6) is 0.968. The lowest BCUT2D eigenvalue weighted by molar-refractivity contribution is -0.892. The molecule has 1 aromatic carbocycles. The van der Waals surface area contributed by atoms with Crippen molar-refractivity contribution in [2.45, 2.75) is 38.6 Å². The average Bonchev–Trinajstić information content (AvgIpc) is 3.40. The number of quaternary nitrogens is 1. The molecule has 29 heavy (non-hydrogen) atoms. The first-order valence-electron chi connectivity index (χ1n) is 10.6. The van der Waals surface area contributed by atoms with Crippen LogP contribution >= 0.6 is 0 Å². The van der Waals surface area contributed by atoms with E-state index >= 15 is 0 Å². The molecule has 2 aliphatic rings. The minimum atomic E-state index is 0.0546. The van der Waals surface area contributed by atoms with Crippen molar-refractivity contribution in [3.8, 4) is 0 Å². The van der Waals surface area contributed by atoms with Crippen LogP contribution in [0.4, 0.5) is 11.5 Å². The molecular weight excluding hydrogens is 366 g/mol. The van der Waals surface area contributed by atoms with E-state index in [1.54, 1.807) is 13.1 Å². The molecule has 1 saturated heterocycles. The molecule has 1 amide bonds. The summed E-state index contributed by atoms with van der Waals surface area (Å²) in [6.07, 6.45) is 6.54. The molecule has 154 valence electrons. The molecule has 7 nitrogen and oxygen atoms in total. The fourth-order valence-corrected chi connectivity index (χ4v) is 4.43. The lowest BCUT2D eigenvalue weighted by Gasteiger charge is -2.33. The number of Topliss-reactive ketones (excluding diaryl/α,β-unsaturated/α-hetero) is 1. The van der Waals surface area contributed by atoms with Crippen LogP contribution < -0.4 is 15.1 Å². The summed E-state index contributed by atoms with van der Waals surface area (Å²) < 4.78 is 1.99. The number of carbonyl (C=O) groups is 2. The van der Waals surface area contributed by atoms with Gasteiger partial charge in [0.2, 0.25) is 0 Å². The first kappa shape index (κ1) is 19.6. The summed E-state index contributed by atoms with van der Waals surface area (Å²) in [6.45, 7) is 5.72. The number of rotatable bonds is 6. The van der Waals surface area contributed by atoms with Gasteiger partial charge in [0, 0.05) is 17.3 Å². The highest BCUT2D eigenvalue weighted by atomic mass is 16.2. The van der Waals surface area contributed by atoms with Crippen LogP contribution in [0.2, 0.25) is 0 Å². The molecule has 1 aliphatic heterocycles. The molecule has 2 heterocycles. The van der Waals surface area contributed by atoms with Crippen molar-refractivity contribution in [1.29, 1.82) is 0 Å². The second kappa shape index (κ2) is 8.78. The van der Waals surface area contributed by atoms with Crippen LogP contribution in [0.5, 0.6) is 0 Å². The van der Waals surface area contributed by atoms with E-state index in [0.717, 1.165) is 56.1 Å². The number of carbonyl (C=O) groups excluding carboxylic acids is 2. The van der Waals surface area contributed by atoms with Gasteiger partial charge in [-0.3, -0.25) is 9.59 Å². The molecule has 2 N–H and O–H groups in total. The largest absolute Gasteiger partial charge is 0.360 e. The van der Waals surface area contributed by atoms with Crippen molar-refractivity contribution < 1.29 is 14.5 Å². The molecule has 1 aliphatic carbocycles. The van der Waals surface area contributed by atoms with E-state index in [0.29, 0.717) is 12.6 Å². The van der Waals surface area contributed by atoms with E-state index in [9.17, 15) is 9.59 Å². The van der Waals surface area contributed by atoms with E-state index in [1.807, 2.05) is 35.0 Å². The fraction of sp³-hybridized carbons (Fsp3) is 0.500. The summed E-state index contributed by atoms with van der Waals surface area (Å²) in [5.41, 5.74) is 1.88. The Hall–Kier alpha value is -2.67. The lowest BCUT2D eigenvalue weighted by atomic mass is 10.1. The monoisotopic (exact) mass is 396 g/mol. The number of aromatic nitrogens is 2. The van der Waals surface area contributed by atoms with Gasteiger partial charge in [0.05, 0.1) is 38.4 Å². The summed E-state index contributed by atoms with van der Waals surface area (Å²) in [7, 11) is 0. The van der Waals surface area contributed by atoms with Gasteiger partial charge in [-0.05, 0) is 44.0 Å². The zero-order valence-corrected chi connectivity index (χ0v) is 17.1. The van der Waals surface area contributed by atoms with Crippen molar-refractivity contribution in [2.75, 3.05) is 42.9 Å². The number of benzene rings is 1. The first-order chi connectivity index (χ1) is 14.1. The van der Waals surface area contributed by atoms with Gasteiger partial charge < -0.3 is 15.1 Å². The molecule has 0 atom stereocenters. The molecule has 1 aromatic heterocycles. The van der Waals surface area contributed by atoms with Gasteiger partial charge in [0.25, 0.3) is 5.91 Å². The molecule has 2 aromatic rings. The standard InChI is InChI=1S/C22H29N5O2/c1-17(28)18-6-8-19(9-7-18)26-14-12-25(13-15-26)16-22(29)24-21-10-11-23-27(21)20-4-2-3-5-20/h6-11,20H,2-5,12-16H2,1H3,(H,24,29)/p+1. The van der Waals surface area contributed by atoms with Crippen LogP contribution in [-0.2, 0) is 4.79 Å². The Labute approximate surface area is 171 Å². The van der Waals surface area contributed by atoms with Crippen LogP contribution in [0.1, 0.15) is 49.0 Å². The van der Waals surface area contributed by atoms with Crippen molar-refractivity contribution >= 4 is 23.2 Å². The van der Waals surface area contributed by atoms with E-state index < -0.39 is 0 Å². The highest BCUT2D eigenvalue weighted by Gasteiger charge is 2.24. The van der Waals surface area contributed by atoms with Gasteiger partial charge in [-0.1, -0.05) is 12.8 Å². The Balaban J connectivity index is 1.27. The molecule has 0 radical (unpaired) electrons. The van der Waals surface area contributed by atoms with Crippen LogP contribution in [0, 0.1) is 0 Å². The Kier molecular flexibility index (Phi) is 5.94. The highest BCUT2D eigenvalue weighted by molar-refractivity contribution is 5.94. The van der Waals surface area contributed by atoms with Crippen molar-refractivity contribution in [3.63, 3.8) is 0 Å². The number of anilines is 2. The van der Waals surface area contributed by atoms with Gasteiger partial charge in [-0.25, -0.2) is 4.68 Å². The van der Waals surface area contributed by atoms with Crippen LogP contribution in [0.3, 0.4) is 0 Å². The highest BCUT2D eigenvalue weighted by Crippen LogP contribution is 2.31.